The van der Waals surface area contributed by atoms with Gasteiger partial charge in [-0.05, 0) is 40.5 Å². The summed E-state index contributed by atoms with van der Waals surface area (Å²) in [6, 6.07) is 31.0. The van der Waals surface area contributed by atoms with Crippen molar-refractivity contribution < 1.29 is 0 Å². The molecular formula is C26H30. The van der Waals surface area contributed by atoms with Crippen LogP contribution in [0.2, 0.25) is 0 Å². The molecule has 26 heavy (non-hydrogen) atoms. The zero-order chi connectivity index (χ0) is 18.6. The van der Waals surface area contributed by atoms with E-state index in [1.165, 1.54) is 22.3 Å². The van der Waals surface area contributed by atoms with Gasteiger partial charge in [0.2, 0.25) is 0 Å². The van der Waals surface area contributed by atoms with Crippen molar-refractivity contribution in [2.75, 3.05) is 0 Å². The fourth-order valence-corrected chi connectivity index (χ4v) is 3.63. The van der Waals surface area contributed by atoms with Gasteiger partial charge < -0.3 is 0 Å². The first-order chi connectivity index (χ1) is 12.4. The van der Waals surface area contributed by atoms with Crippen molar-refractivity contribution in [1.29, 1.82) is 0 Å². The molecular weight excluding hydrogens is 312 g/mol. The van der Waals surface area contributed by atoms with Gasteiger partial charge in [-0.15, -0.1) is 0 Å². The highest BCUT2D eigenvalue weighted by Crippen LogP contribution is 2.36. The first-order valence-corrected chi connectivity index (χ1v) is 9.60. The molecule has 0 N–H and O–H groups in total. The Morgan fingerprint density at radius 1 is 0.538 bits per heavy atom. The van der Waals surface area contributed by atoms with E-state index in [4.69, 9.17) is 0 Å². The molecule has 0 aliphatic carbocycles. The van der Waals surface area contributed by atoms with Crippen LogP contribution in [0.3, 0.4) is 0 Å². The maximum atomic E-state index is 2.38. The second kappa shape index (κ2) is 7.50. The van der Waals surface area contributed by atoms with E-state index in [1.807, 2.05) is 0 Å². The Kier molecular flexibility index (Phi) is 5.32. The summed E-state index contributed by atoms with van der Waals surface area (Å²) < 4.78 is 0. The minimum atomic E-state index is 0.0191. The van der Waals surface area contributed by atoms with E-state index < -0.39 is 0 Å². The summed E-state index contributed by atoms with van der Waals surface area (Å²) in [4.78, 5) is 0. The van der Waals surface area contributed by atoms with Gasteiger partial charge in [0.15, 0.2) is 0 Å². The molecule has 0 amide bonds. The minimum Gasteiger partial charge on any atom is -0.0622 e. The average molecular weight is 343 g/mol. The van der Waals surface area contributed by atoms with Gasteiger partial charge >= 0.3 is 0 Å². The Balaban J connectivity index is 1.86. The lowest BCUT2D eigenvalue weighted by molar-refractivity contribution is 0.519. The second-order valence-corrected chi connectivity index (χ2v) is 8.51. The highest BCUT2D eigenvalue weighted by atomic mass is 14.3. The van der Waals surface area contributed by atoms with Gasteiger partial charge in [-0.2, -0.15) is 0 Å². The van der Waals surface area contributed by atoms with Crippen LogP contribution in [0.15, 0.2) is 84.9 Å². The molecule has 0 heterocycles. The van der Waals surface area contributed by atoms with Gasteiger partial charge in [-0.25, -0.2) is 0 Å². The smallest absolute Gasteiger partial charge is 0.0177 e. The van der Waals surface area contributed by atoms with E-state index in [9.17, 15) is 0 Å². The van der Waals surface area contributed by atoms with Crippen LogP contribution in [0.1, 0.15) is 56.4 Å². The molecule has 0 fully saturated rings. The second-order valence-electron chi connectivity index (χ2n) is 8.51. The summed E-state index contributed by atoms with van der Waals surface area (Å²) in [5, 5.41) is 0. The first-order valence-electron chi connectivity index (χ1n) is 9.60. The van der Waals surface area contributed by atoms with Crippen molar-refractivity contribution in [3.05, 3.63) is 107 Å². The van der Waals surface area contributed by atoms with Crippen molar-refractivity contribution >= 4 is 0 Å². The van der Waals surface area contributed by atoms with Crippen LogP contribution < -0.4 is 0 Å². The largest absolute Gasteiger partial charge is 0.0622 e. The summed E-state index contributed by atoms with van der Waals surface area (Å²) in [6.45, 7) is 9.18. The molecule has 0 aromatic heterocycles. The van der Waals surface area contributed by atoms with E-state index in [1.54, 1.807) is 0 Å². The van der Waals surface area contributed by atoms with Gasteiger partial charge in [0.25, 0.3) is 0 Å². The van der Waals surface area contributed by atoms with Crippen molar-refractivity contribution in [2.45, 2.75) is 51.4 Å². The van der Waals surface area contributed by atoms with Crippen LogP contribution in [0, 0.1) is 0 Å². The van der Waals surface area contributed by atoms with Crippen LogP contribution in [0.25, 0.3) is 0 Å². The molecule has 0 unspecified atom stereocenters. The van der Waals surface area contributed by atoms with Gasteiger partial charge in [-0.1, -0.05) is 113 Å². The van der Waals surface area contributed by atoms with Crippen LogP contribution in [-0.4, -0.2) is 0 Å². The highest BCUT2D eigenvalue weighted by molar-refractivity contribution is 5.39. The molecule has 0 nitrogen and oxygen atoms in total. The molecule has 0 heteroatoms. The van der Waals surface area contributed by atoms with E-state index in [2.05, 4.69) is 113 Å². The summed E-state index contributed by atoms with van der Waals surface area (Å²) in [7, 11) is 0. The fraction of sp³-hybridized carbons (Fsp3) is 0.308. The molecule has 0 radical (unpaired) electrons. The lowest BCUT2D eigenvalue weighted by Gasteiger charge is -2.31. The van der Waals surface area contributed by atoms with Crippen LogP contribution >= 0.6 is 0 Å². The topological polar surface area (TPSA) is 0 Å². The molecule has 0 aliphatic heterocycles. The molecule has 0 bridgehead atoms. The van der Waals surface area contributed by atoms with E-state index >= 15 is 0 Å². The Labute approximate surface area is 158 Å². The number of aryl methyl sites for hydroxylation is 1. The number of hydrogen-bond donors (Lipinski definition) is 0. The highest BCUT2D eigenvalue weighted by Gasteiger charge is 2.28. The van der Waals surface area contributed by atoms with Crippen molar-refractivity contribution in [3.8, 4) is 0 Å². The van der Waals surface area contributed by atoms with Crippen LogP contribution in [0.5, 0.6) is 0 Å². The number of benzene rings is 3. The SMILES string of the molecule is CC(C)(C)c1ccc(CCC(C)(c2ccccc2)c2ccccc2)cc1. The van der Waals surface area contributed by atoms with Crippen LogP contribution in [-0.2, 0) is 17.3 Å². The first kappa shape index (κ1) is 18.5. The number of rotatable bonds is 5. The van der Waals surface area contributed by atoms with Gasteiger partial charge in [-0.3, -0.25) is 0 Å². The summed E-state index contributed by atoms with van der Waals surface area (Å²) in [5.74, 6) is 0. The normalized spacial score (nSPS) is 12.2. The maximum absolute atomic E-state index is 2.38. The minimum absolute atomic E-state index is 0.0191. The Hall–Kier alpha value is -2.34. The lowest BCUT2D eigenvalue weighted by Crippen LogP contribution is -2.24. The van der Waals surface area contributed by atoms with E-state index in [-0.39, 0.29) is 10.8 Å². The third kappa shape index (κ3) is 4.07. The summed E-state index contributed by atoms with van der Waals surface area (Å²) >= 11 is 0. The molecule has 3 rings (SSSR count). The molecule has 0 aliphatic rings. The molecule has 0 spiro atoms. The van der Waals surface area contributed by atoms with E-state index in [0.717, 1.165) is 12.8 Å². The van der Waals surface area contributed by atoms with E-state index in [0.29, 0.717) is 0 Å². The number of hydrogen-bond acceptors (Lipinski definition) is 0. The quantitative estimate of drug-likeness (QED) is 0.472. The summed E-state index contributed by atoms with van der Waals surface area (Å²) in [6.07, 6.45) is 2.17. The summed E-state index contributed by atoms with van der Waals surface area (Å²) in [5.41, 5.74) is 5.81. The molecule has 0 saturated heterocycles. The molecule has 3 aromatic carbocycles. The third-order valence-corrected chi connectivity index (χ3v) is 5.56. The zero-order valence-corrected chi connectivity index (χ0v) is 16.5. The monoisotopic (exact) mass is 342 g/mol. The van der Waals surface area contributed by atoms with Crippen LogP contribution in [0.4, 0.5) is 0 Å². The van der Waals surface area contributed by atoms with Gasteiger partial charge in [0, 0.05) is 5.41 Å². The average Bonchev–Trinajstić information content (AvgIpc) is 2.67. The third-order valence-electron chi connectivity index (χ3n) is 5.56. The van der Waals surface area contributed by atoms with Crippen molar-refractivity contribution in [3.63, 3.8) is 0 Å². The predicted molar refractivity (Wildman–Crippen MR) is 113 cm³/mol. The zero-order valence-electron chi connectivity index (χ0n) is 16.5. The van der Waals surface area contributed by atoms with Crippen molar-refractivity contribution in [2.24, 2.45) is 0 Å². The predicted octanol–water partition coefficient (Wildman–Crippen LogP) is 6.92. The maximum Gasteiger partial charge on any atom is 0.0177 e. The Morgan fingerprint density at radius 2 is 1.00 bits per heavy atom. The Morgan fingerprint density at radius 3 is 1.42 bits per heavy atom. The Bertz CT molecular complexity index is 766. The van der Waals surface area contributed by atoms with Gasteiger partial charge in [0.05, 0.1) is 0 Å². The molecule has 134 valence electrons. The van der Waals surface area contributed by atoms with Gasteiger partial charge in [0.1, 0.15) is 0 Å². The fourth-order valence-electron chi connectivity index (χ4n) is 3.63. The lowest BCUT2D eigenvalue weighted by atomic mass is 9.72. The molecule has 0 saturated carbocycles. The molecule has 3 aromatic rings. The van der Waals surface area contributed by atoms with Crippen molar-refractivity contribution in [1.82, 2.24) is 0 Å². The standard InChI is InChI=1S/C26H30/c1-25(2,3)22-17-15-21(16-18-22)19-20-26(4,23-11-7-5-8-12-23)24-13-9-6-10-14-24/h5-18H,19-20H2,1-4H3. The molecule has 0 atom stereocenters.